The molecule has 0 aliphatic rings. The maximum Gasteiger partial charge on any atom is 0.373 e. The Morgan fingerprint density at radius 1 is 1.19 bits per heavy atom. The number of hydrogen-bond donors (Lipinski definition) is 2. The van der Waals surface area contributed by atoms with Gasteiger partial charge in [0.15, 0.2) is 5.82 Å². The number of alkyl halides is 1. The third-order valence-corrected chi connectivity index (χ3v) is 5.13. The molecule has 2 rings (SSSR count). The minimum absolute atomic E-state index is 0.0311. The number of carbonyl (C=O) groups is 2. The highest BCUT2D eigenvalue weighted by Gasteiger charge is 2.22. The van der Waals surface area contributed by atoms with E-state index in [1.165, 1.54) is 0 Å². The largest absolute Gasteiger partial charge is 0.380 e. The number of halogens is 1. The lowest BCUT2D eigenvalue weighted by Crippen LogP contribution is -2.47. The van der Waals surface area contributed by atoms with Gasteiger partial charge in [0.1, 0.15) is 5.88 Å². The molecule has 2 amide bonds. The molecular weight excluding hydrogens is 496 g/mol. The predicted molar refractivity (Wildman–Crippen MR) is 148 cm³/mol. The highest BCUT2D eigenvalue weighted by atomic mass is 35.5. The molecule has 37 heavy (non-hydrogen) atoms. The van der Waals surface area contributed by atoms with E-state index >= 15 is 0 Å². The number of amides is 2. The summed E-state index contributed by atoms with van der Waals surface area (Å²) < 4.78 is 7.01. The lowest BCUT2D eigenvalue weighted by molar-refractivity contribution is -0.125. The summed E-state index contributed by atoms with van der Waals surface area (Å²) in [5.41, 5.74) is 1.92. The molecule has 0 fully saturated rings. The van der Waals surface area contributed by atoms with Gasteiger partial charge in [0.05, 0.1) is 6.61 Å². The Morgan fingerprint density at radius 2 is 1.78 bits per heavy atom. The lowest BCUT2D eigenvalue weighted by Gasteiger charge is -2.26. The van der Waals surface area contributed by atoms with Crippen LogP contribution in [-0.2, 0) is 9.53 Å². The fraction of sp³-hybridized carbons (Fsp3) is 0.538. The van der Waals surface area contributed by atoms with Crippen molar-refractivity contribution in [1.82, 2.24) is 24.7 Å². The molecule has 11 heteroatoms. The van der Waals surface area contributed by atoms with E-state index < -0.39 is 17.3 Å². The predicted octanol–water partition coefficient (Wildman–Crippen LogP) is 3.78. The monoisotopic (exact) mass is 536 g/mol. The second-order valence-corrected chi connectivity index (χ2v) is 10.1. The van der Waals surface area contributed by atoms with Gasteiger partial charge in [0.25, 0.3) is 0 Å². The van der Waals surface area contributed by atoms with Gasteiger partial charge in [-0.1, -0.05) is 49.8 Å². The number of allylic oxidation sites excluding steroid dienone is 1. The number of carbonyl (C=O) groups excluding carboxylic acids is 2. The molecule has 206 valence electrons. The number of rotatable bonds is 8. The summed E-state index contributed by atoms with van der Waals surface area (Å²) in [4.78, 5) is 37.3. The van der Waals surface area contributed by atoms with Gasteiger partial charge >= 0.3 is 11.7 Å². The van der Waals surface area contributed by atoms with E-state index in [0.717, 1.165) is 26.2 Å². The molecule has 0 unspecified atom stereocenters. The first-order valence-corrected chi connectivity index (χ1v) is 12.7. The van der Waals surface area contributed by atoms with Crippen LogP contribution in [0, 0.1) is 0 Å². The Hall–Kier alpha value is -3.11. The maximum absolute atomic E-state index is 12.1. The first kappa shape index (κ1) is 31.9. The molecule has 0 aliphatic carbocycles. The number of nitrogens with one attached hydrogen (secondary N) is 1. The second kappa shape index (κ2) is 14.6. The second-order valence-electron chi connectivity index (χ2n) is 9.85. The molecule has 0 atom stereocenters. The van der Waals surface area contributed by atoms with E-state index in [9.17, 15) is 14.4 Å². The summed E-state index contributed by atoms with van der Waals surface area (Å²) in [6.45, 7) is 16.7. The van der Waals surface area contributed by atoms with E-state index in [1.54, 1.807) is 4.90 Å². The first-order valence-electron chi connectivity index (χ1n) is 12.2. The third kappa shape index (κ3) is 9.70. The zero-order valence-corrected chi connectivity index (χ0v) is 23.9. The standard InChI is InChI=1S/C16H22ClNO2.C10H19N5O2/c1-4-20-11-10-18(15(19)12-17)16(13(2)3)14-8-6-5-7-9-14;1-6(2)7-13-15(9(17)14(7)11)8(16)12-10(3,4)5/h5-9H,4,10-12H2,1-3H3;6H,11H2,1-5H3,(H,12,16). The van der Waals surface area contributed by atoms with Gasteiger partial charge in [-0.25, -0.2) is 9.59 Å². The van der Waals surface area contributed by atoms with Crippen LogP contribution < -0.4 is 16.8 Å². The molecule has 1 aromatic heterocycles. The number of nitrogens with two attached hydrogens (primary N) is 1. The van der Waals surface area contributed by atoms with Crippen LogP contribution in [0.4, 0.5) is 4.79 Å². The van der Waals surface area contributed by atoms with Crippen LogP contribution in [0.25, 0.3) is 5.70 Å². The van der Waals surface area contributed by atoms with Gasteiger partial charge in [0, 0.05) is 30.3 Å². The highest BCUT2D eigenvalue weighted by molar-refractivity contribution is 6.27. The molecule has 2 aromatic rings. The summed E-state index contributed by atoms with van der Waals surface area (Å²) >= 11 is 5.74. The van der Waals surface area contributed by atoms with Crippen molar-refractivity contribution in [1.29, 1.82) is 0 Å². The van der Waals surface area contributed by atoms with E-state index in [1.807, 2.05) is 85.7 Å². The van der Waals surface area contributed by atoms with Crippen LogP contribution in [-0.4, -0.2) is 62.5 Å². The summed E-state index contributed by atoms with van der Waals surface area (Å²) in [6, 6.07) is 9.30. The smallest absolute Gasteiger partial charge is 0.373 e. The number of aromatic nitrogens is 3. The van der Waals surface area contributed by atoms with Gasteiger partial charge in [-0.05, 0) is 47.1 Å². The maximum atomic E-state index is 12.1. The Bertz CT molecular complexity index is 1110. The Balaban J connectivity index is 0.000000375. The van der Waals surface area contributed by atoms with E-state index in [4.69, 9.17) is 22.2 Å². The van der Waals surface area contributed by atoms with Crippen LogP contribution in [0.2, 0.25) is 0 Å². The summed E-state index contributed by atoms with van der Waals surface area (Å²) in [6.07, 6.45) is 0. The minimum atomic E-state index is -0.643. The van der Waals surface area contributed by atoms with Gasteiger partial charge < -0.3 is 20.8 Å². The Labute approximate surface area is 224 Å². The molecule has 3 N–H and O–H groups in total. The highest BCUT2D eigenvalue weighted by Crippen LogP contribution is 2.23. The number of benzene rings is 1. The molecule has 0 saturated carbocycles. The van der Waals surface area contributed by atoms with E-state index in [2.05, 4.69) is 10.4 Å². The van der Waals surface area contributed by atoms with Crippen molar-refractivity contribution < 1.29 is 14.3 Å². The quantitative estimate of drug-likeness (QED) is 0.300. The van der Waals surface area contributed by atoms with Crippen molar-refractivity contribution in [2.75, 3.05) is 31.5 Å². The Kier molecular flexibility index (Phi) is 12.6. The molecule has 1 aromatic carbocycles. The number of nitrogen functional groups attached to an aromatic ring is 1. The number of nitrogens with zero attached hydrogens (tertiary/aromatic N) is 4. The van der Waals surface area contributed by atoms with Gasteiger partial charge in [-0.3, -0.25) is 4.79 Å². The minimum Gasteiger partial charge on any atom is -0.380 e. The molecule has 0 saturated heterocycles. The van der Waals surface area contributed by atoms with Crippen LogP contribution in [0.1, 0.15) is 72.7 Å². The molecule has 0 spiro atoms. The van der Waals surface area contributed by atoms with Crippen molar-refractivity contribution in [3.8, 4) is 0 Å². The fourth-order valence-electron chi connectivity index (χ4n) is 3.34. The zero-order valence-electron chi connectivity index (χ0n) is 23.2. The van der Waals surface area contributed by atoms with Gasteiger partial charge in [0.2, 0.25) is 5.91 Å². The summed E-state index contributed by atoms with van der Waals surface area (Å²) in [7, 11) is 0. The average molecular weight is 537 g/mol. The van der Waals surface area contributed by atoms with Crippen LogP contribution in [0.15, 0.2) is 40.7 Å². The van der Waals surface area contributed by atoms with E-state index in [-0.39, 0.29) is 17.7 Å². The molecule has 0 bridgehead atoms. The molecule has 0 aliphatic heterocycles. The molecule has 10 nitrogen and oxygen atoms in total. The topological polar surface area (TPSA) is 124 Å². The van der Waals surface area contributed by atoms with Crippen LogP contribution in [0.5, 0.6) is 0 Å². The Morgan fingerprint density at radius 3 is 2.22 bits per heavy atom. The lowest BCUT2D eigenvalue weighted by atomic mass is 10.1. The van der Waals surface area contributed by atoms with Crippen molar-refractivity contribution in [2.45, 2.75) is 66.8 Å². The van der Waals surface area contributed by atoms with Crippen molar-refractivity contribution in [2.24, 2.45) is 0 Å². The summed E-state index contributed by atoms with van der Waals surface area (Å²) in [5, 5.41) is 6.57. The first-order chi connectivity index (χ1) is 17.2. The van der Waals surface area contributed by atoms with Crippen LogP contribution in [0.3, 0.4) is 0 Å². The van der Waals surface area contributed by atoms with Crippen molar-refractivity contribution >= 4 is 29.2 Å². The van der Waals surface area contributed by atoms with Gasteiger partial charge in [-0.15, -0.1) is 21.4 Å². The van der Waals surface area contributed by atoms with Crippen molar-refractivity contribution in [3.05, 3.63) is 57.8 Å². The van der Waals surface area contributed by atoms with Crippen LogP contribution >= 0.6 is 11.6 Å². The molecular formula is C26H41ClN6O4. The average Bonchev–Trinajstić information content (AvgIpc) is 3.12. The zero-order chi connectivity index (χ0) is 28.3. The number of ether oxygens (including phenoxy) is 1. The SMILES string of the molecule is CC(C)c1nn(C(=O)NC(C)(C)C)c(=O)n1N.CCOCCN(C(=O)CCl)C(=C(C)C)c1ccccc1. The number of hydrogen-bond acceptors (Lipinski definition) is 6. The third-order valence-electron chi connectivity index (χ3n) is 4.90. The molecule has 1 heterocycles. The van der Waals surface area contributed by atoms with Gasteiger partial charge in [-0.2, -0.15) is 4.68 Å². The fourth-order valence-corrected chi connectivity index (χ4v) is 3.48. The van der Waals surface area contributed by atoms with Crippen molar-refractivity contribution in [3.63, 3.8) is 0 Å². The molecule has 0 radical (unpaired) electrons. The van der Waals surface area contributed by atoms with E-state index in [0.29, 0.717) is 25.6 Å². The normalized spacial score (nSPS) is 11.0. The summed E-state index contributed by atoms with van der Waals surface area (Å²) in [5.74, 6) is 5.75.